The highest BCUT2D eigenvalue weighted by molar-refractivity contribution is 5.92. The first-order valence-electron chi connectivity index (χ1n) is 8.63. The molecule has 24 heavy (non-hydrogen) atoms. The molecule has 0 saturated carbocycles. The largest absolute Gasteiger partial charge is 0.340 e. The lowest BCUT2D eigenvalue weighted by atomic mass is 10.2. The molecule has 2 amide bonds. The first-order chi connectivity index (χ1) is 11.5. The summed E-state index contributed by atoms with van der Waals surface area (Å²) in [5.41, 5.74) is 1.10. The van der Waals surface area contributed by atoms with E-state index in [2.05, 4.69) is 21.8 Å². The van der Waals surface area contributed by atoms with Gasteiger partial charge in [0.15, 0.2) is 0 Å². The van der Waals surface area contributed by atoms with Crippen LogP contribution < -0.4 is 0 Å². The lowest BCUT2D eigenvalue weighted by molar-refractivity contribution is -0.133. The van der Waals surface area contributed by atoms with E-state index in [1.54, 1.807) is 11.1 Å². The third-order valence-corrected chi connectivity index (χ3v) is 4.44. The zero-order valence-corrected chi connectivity index (χ0v) is 14.9. The standard InChI is InChI=1S/C17H27N5O2/c1-4-20-8-10-22(11-9-20)16(23)6-7-21(5-2)17(24)15-13-18-14(3)12-19-15/h12-13H,4-11H2,1-3H3. The first-order valence-corrected chi connectivity index (χ1v) is 8.63. The fourth-order valence-electron chi connectivity index (χ4n) is 2.77. The number of likely N-dealkylation sites (N-methyl/N-ethyl adjacent to an activating group) is 1. The molecule has 0 aliphatic carbocycles. The summed E-state index contributed by atoms with van der Waals surface area (Å²) in [5.74, 6) is -0.0550. The highest BCUT2D eigenvalue weighted by atomic mass is 16.2. The van der Waals surface area contributed by atoms with Crippen LogP contribution in [0.5, 0.6) is 0 Å². The van der Waals surface area contributed by atoms with Gasteiger partial charge in [-0.3, -0.25) is 14.6 Å². The van der Waals surface area contributed by atoms with Crippen LogP contribution in [-0.4, -0.2) is 82.3 Å². The van der Waals surface area contributed by atoms with Crippen molar-refractivity contribution in [2.75, 3.05) is 45.8 Å². The van der Waals surface area contributed by atoms with Crippen LogP contribution in [0.15, 0.2) is 12.4 Å². The number of rotatable bonds is 6. The maximum Gasteiger partial charge on any atom is 0.274 e. The van der Waals surface area contributed by atoms with Crippen LogP contribution in [0.1, 0.15) is 36.5 Å². The van der Waals surface area contributed by atoms with Crippen molar-refractivity contribution in [2.45, 2.75) is 27.2 Å². The minimum atomic E-state index is -0.173. The molecule has 1 saturated heterocycles. The van der Waals surface area contributed by atoms with Gasteiger partial charge in [0.1, 0.15) is 5.69 Å². The van der Waals surface area contributed by atoms with Crippen LogP contribution in [-0.2, 0) is 4.79 Å². The Morgan fingerprint density at radius 3 is 2.38 bits per heavy atom. The van der Waals surface area contributed by atoms with Crippen molar-refractivity contribution < 1.29 is 9.59 Å². The number of hydrogen-bond donors (Lipinski definition) is 0. The monoisotopic (exact) mass is 333 g/mol. The molecule has 0 atom stereocenters. The van der Waals surface area contributed by atoms with Gasteiger partial charge in [-0.2, -0.15) is 0 Å². The van der Waals surface area contributed by atoms with Crippen molar-refractivity contribution in [3.05, 3.63) is 23.8 Å². The van der Waals surface area contributed by atoms with Crippen molar-refractivity contribution in [3.8, 4) is 0 Å². The van der Waals surface area contributed by atoms with Crippen molar-refractivity contribution in [3.63, 3.8) is 0 Å². The molecule has 0 aromatic carbocycles. The van der Waals surface area contributed by atoms with E-state index in [9.17, 15) is 9.59 Å². The topological polar surface area (TPSA) is 69.6 Å². The first kappa shape index (κ1) is 18.3. The van der Waals surface area contributed by atoms with Gasteiger partial charge in [0.2, 0.25) is 5.91 Å². The Morgan fingerprint density at radius 1 is 1.12 bits per heavy atom. The van der Waals surface area contributed by atoms with Crippen LogP contribution in [0.4, 0.5) is 0 Å². The summed E-state index contributed by atoms with van der Waals surface area (Å²) >= 11 is 0. The van der Waals surface area contributed by atoms with Gasteiger partial charge in [0.05, 0.1) is 11.9 Å². The predicted molar refractivity (Wildman–Crippen MR) is 91.7 cm³/mol. The summed E-state index contributed by atoms with van der Waals surface area (Å²) in [7, 11) is 0. The van der Waals surface area contributed by atoms with Crippen molar-refractivity contribution in [1.29, 1.82) is 0 Å². The molecule has 7 heteroatoms. The van der Waals surface area contributed by atoms with Crippen LogP contribution in [0.25, 0.3) is 0 Å². The molecule has 1 fully saturated rings. The third kappa shape index (κ3) is 4.74. The molecule has 0 spiro atoms. The van der Waals surface area contributed by atoms with Gasteiger partial charge in [-0.15, -0.1) is 0 Å². The minimum absolute atomic E-state index is 0.118. The summed E-state index contributed by atoms with van der Waals surface area (Å²) in [4.78, 5) is 38.9. The summed E-state index contributed by atoms with van der Waals surface area (Å²) in [6.45, 7) is 11.3. The Balaban J connectivity index is 1.85. The molecule has 132 valence electrons. The molecule has 1 aliphatic rings. The van der Waals surface area contributed by atoms with Gasteiger partial charge in [-0.1, -0.05) is 6.92 Å². The predicted octanol–water partition coefficient (Wildman–Crippen LogP) is 0.801. The van der Waals surface area contributed by atoms with E-state index in [0.717, 1.165) is 38.4 Å². The third-order valence-electron chi connectivity index (χ3n) is 4.44. The van der Waals surface area contributed by atoms with E-state index in [-0.39, 0.29) is 11.8 Å². The average Bonchev–Trinajstić information content (AvgIpc) is 2.62. The van der Waals surface area contributed by atoms with E-state index in [1.165, 1.54) is 6.20 Å². The zero-order chi connectivity index (χ0) is 17.5. The number of carbonyl (C=O) groups excluding carboxylic acids is 2. The molecule has 0 N–H and O–H groups in total. The molecule has 7 nitrogen and oxygen atoms in total. The Labute approximate surface area is 143 Å². The van der Waals surface area contributed by atoms with E-state index in [4.69, 9.17) is 0 Å². The minimum Gasteiger partial charge on any atom is -0.340 e. The quantitative estimate of drug-likeness (QED) is 0.770. The normalized spacial score (nSPS) is 15.4. The van der Waals surface area contributed by atoms with Gasteiger partial charge in [-0.05, 0) is 20.4 Å². The van der Waals surface area contributed by atoms with Crippen LogP contribution in [0.3, 0.4) is 0 Å². The fraction of sp³-hybridized carbons (Fsp3) is 0.647. The maximum atomic E-state index is 12.4. The van der Waals surface area contributed by atoms with Crippen LogP contribution in [0.2, 0.25) is 0 Å². The average molecular weight is 333 g/mol. The molecule has 2 rings (SSSR count). The summed E-state index contributed by atoms with van der Waals surface area (Å²) in [6, 6.07) is 0. The zero-order valence-electron chi connectivity index (χ0n) is 14.9. The summed E-state index contributed by atoms with van der Waals surface area (Å²) in [6.07, 6.45) is 3.43. The SMILES string of the molecule is CCN1CCN(C(=O)CCN(CC)C(=O)c2cnc(C)cn2)CC1. The lowest BCUT2D eigenvalue weighted by Crippen LogP contribution is -2.49. The number of nitrogens with zero attached hydrogens (tertiary/aromatic N) is 5. The number of carbonyl (C=O) groups is 2. The van der Waals surface area contributed by atoms with Crippen LogP contribution in [0, 0.1) is 6.92 Å². The Bertz CT molecular complexity index is 553. The molecule has 1 aliphatic heterocycles. The van der Waals surface area contributed by atoms with E-state index in [1.807, 2.05) is 18.7 Å². The highest BCUT2D eigenvalue weighted by Gasteiger charge is 2.22. The van der Waals surface area contributed by atoms with Gasteiger partial charge in [0, 0.05) is 51.9 Å². The van der Waals surface area contributed by atoms with Gasteiger partial charge in [-0.25, -0.2) is 4.98 Å². The molecular formula is C17H27N5O2. The number of amides is 2. The van der Waals surface area contributed by atoms with E-state index in [0.29, 0.717) is 25.2 Å². The Morgan fingerprint density at radius 2 is 1.83 bits per heavy atom. The highest BCUT2D eigenvalue weighted by Crippen LogP contribution is 2.06. The van der Waals surface area contributed by atoms with Gasteiger partial charge < -0.3 is 14.7 Å². The molecule has 0 bridgehead atoms. The second-order valence-electron chi connectivity index (χ2n) is 5.99. The van der Waals surface area contributed by atoms with Gasteiger partial charge >= 0.3 is 0 Å². The number of hydrogen-bond acceptors (Lipinski definition) is 5. The van der Waals surface area contributed by atoms with Gasteiger partial charge in [0.25, 0.3) is 5.91 Å². The molecular weight excluding hydrogens is 306 g/mol. The molecule has 0 unspecified atom stereocenters. The molecule has 0 radical (unpaired) electrons. The smallest absolute Gasteiger partial charge is 0.274 e. The maximum absolute atomic E-state index is 12.4. The van der Waals surface area contributed by atoms with E-state index >= 15 is 0 Å². The number of aryl methyl sites for hydroxylation is 1. The fourth-order valence-corrected chi connectivity index (χ4v) is 2.77. The number of piperazine rings is 1. The Kier molecular flexibility index (Phi) is 6.66. The van der Waals surface area contributed by atoms with E-state index < -0.39 is 0 Å². The van der Waals surface area contributed by atoms with Crippen molar-refractivity contribution in [1.82, 2.24) is 24.7 Å². The second kappa shape index (κ2) is 8.73. The van der Waals surface area contributed by atoms with Crippen molar-refractivity contribution >= 4 is 11.8 Å². The van der Waals surface area contributed by atoms with Crippen LogP contribution >= 0.6 is 0 Å². The number of aromatic nitrogens is 2. The molecule has 1 aromatic heterocycles. The summed E-state index contributed by atoms with van der Waals surface area (Å²) < 4.78 is 0. The summed E-state index contributed by atoms with van der Waals surface area (Å²) in [5, 5.41) is 0. The molecule has 2 heterocycles. The second-order valence-corrected chi connectivity index (χ2v) is 5.99. The molecule has 1 aromatic rings. The lowest BCUT2D eigenvalue weighted by Gasteiger charge is -2.34. The van der Waals surface area contributed by atoms with Crippen molar-refractivity contribution in [2.24, 2.45) is 0 Å². The Hall–Kier alpha value is -2.02.